The quantitative estimate of drug-likeness (QED) is 0.836. The van der Waals surface area contributed by atoms with E-state index in [0.717, 1.165) is 23.1 Å². The van der Waals surface area contributed by atoms with Crippen molar-refractivity contribution in [2.45, 2.75) is 13.3 Å². The number of hydrogen-bond donors (Lipinski definition) is 2. The van der Waals surface area contributed by atoms with Crippen molar-refractivity contribution in [3.8, 4) is 0 Å². The Kier molecular flexibility index (Phi) is 3.43. The van der Waals surface area contributed by atoms with Crippen LogP contribution in [0.2, 0.25) is 5.02 Å². The van der Waals surface area contributed by atoms with Crippen LogP contribution in [-0.2, 0) is 6.42 Å². The van der Waals surface area contributed by atoms with Crippen molar-refractivity contribution in [3.63, 3.8) is 0 Å². The summed E-state index contributed by atoms with van der Waals surface area (Å²) < 4.78 is 0. The number of nitrogens with one attached hydrogen (secondary N) is 1. The summed E-state index contributed by atoms with van der Waals surface area (Å²) in [4.78, 5) is 10.8. The molecule has 0 radical (unpaired) electrons. The highest BCUT2D eigenvalue weighted by Crippen LogP contribution is 2.38. The lowest BCUT2D eigenvalue weighted by molar-refractivity contribution is 0.210. The second kappa shape index (κ2) is 5.26. The van der Waals surface area contributed by atoms with Gasteiger partial charge in [0.2, 0.25) is 0 Å². The van der Waals surface area contributed by atoms with E-state index in [2.05, 4.69) is 12.2 Å². The van der Waals surface area contributed by atoms with Gasteiger partial charge in [-0.15, -0.1) is 0 Å². The van der Waals surface area contributed by atoms with Gasteiger partial charge in [-0.2, -0.15) is 0 Å². The van der Waals surface area contributed by atoms with Gasteiger partial charge in [0.1, 0.15) is 0 Å². The molecule has 2 N–H and O–H groups in total. The summed E-state index contributed by atoms with van der Waals surface area (Å²) in [7, 11) is 0. The summed E-state index contributed by atoms with van der Waals surface area (Å²) in [5, 5.41) is 12.0. The van der Waals surface area contributed by atoms with E-state index < -0.39 is 6.09 Å². The molecule has 0 saturated heterocycles. The Hall–Kier alpha value is -2.26. The predicted molar refractivity (Wildman–Crippen MR) is 84.9 cm³/mol. The maximum atomic E-state index is 10.8. The van der Waals surface area contributed by atoms with Gasteiger partial charge in [-0.1, -0.05) is 35.4 Å². The first-order chi connectivity index (χ1) is 10.0. The fourth-order valence-electron chi connectivity index (χ4n) is 2.79. The molecule has 0 heterocycles. The van der Waals surface area contributed by atoms with Gasteiger partial charge in [-0.05, 0) is 59.9 Å². The molecule has 0 unspecified atom stereocenters. The molecule has 0 saturated carbocycles. The van der Waals surface area contributed by atoms with Crippen molar-refractivity contribution >= 4 is 29.0 Å². The summed E-state index contributed by atoms with van der Waals surface area (Å²) >= 11 is 5.95. The molecule has 3 nitrogen and oxygen atoms in total. The lowest BCUT2D eigenvalue weighted by atomic mass is 9.97. The van der Waals surface area contributed by atoms with Gasteiger partial charge in [-0.25, -0.2) is 4.79 Å². The molecule has 0 spiro atoms. The van der Waals surface area contributed by atoms with Crippen LogP contribution in [0.25, 0.3) is 5.57 Å². The van der Waals surface area contributed by atoms with Crippen molar-refractivity contribution in [3.05, 3.63) is 69.8 Å². The molecular formula is C17H14ClNO2. The molecule has 1 amide bonds. The number of fused-ring (bicyclic) bond motifs is 1. The number of halogens is 1. The Balaban J connectivity index is 2.06. The molecule has 4 heteroatoms. The van der Waals surface area contributed by atoms with Gasteiger partial charge in [0, 0.05) is 10.7 Å². The molecule has 3 rings (SSSR count). The Labute approximate surface area is 127 Å². The van der Waals surface area contributed by atoms with Crippen LogP contribution in [0.1, 0.15) is 23.6 Å². The zero-order valence-electron chi connectivity index (χ0n) is 11.5. The van der Waals surface area contributed by atoms with Crippen molar-refractivity contribution < 1.29 is 9.90 Å². The normalized spacial score (nSPS) is 13.2. The highest BCUT2D eigenvalue weighted by molar-refractivity contribution is 6.30. The average molecular weight is 300 g/mol. The number of carbonyl (C=O) groups is 1. The second-order valence-electron chi connectivity index (χ2n) is 5.14. The minimum absolute atomic E-state index is 0.586. The molecule has 0 aliphatic heterocycles. The summed E-state index contributed by atoms with van der Waals surface area (Å²) in [6.07, 6.45) is -0.164. The van der Waals surface area contributed by atoms with Crippen LogP contribution in [0.5, 0.6) is 0 Å². The van der Waals surface area contributed by atoms with Crippen molar-refractivity contribution in [1.82, 2.24) is 0 Å². The molecule has 0 bridgehead atoms. The first-order valence-corrected chi connectivity index (χ1v) is 7.01. The van der Waals surface area contributed by atoms with Crippen molar-refractivity contribution in [1.29, 1.82) is 0 Å². The minimum Gasteiger partial charge on any atom is -0.465 e. The van der Waals surface area contributed by atoms with Crippen LogP contribution < -0.4 is 5.32 Å². The molecule has 106 valence electrons. The predicted octanol–water partition coefficient (Wildman–Crippen LogP) is 4.81. The van der Waals surface area contributed by atoms with Crippen LogP contribution in [0.15, 0.2) is 48.0 Å². The average Bonchev–Trinajstić information content (AvgIpc) is 2.75. The number of rotatable bonds is 2. The van der Waals surface area contributed by atoms with Crippen LogP contribution in [-0.4, -0.2) is 11.2 Å². The zero-order chi connectivity index (χ0) is 15.0. The standard InChI is InChI=1S/C17H14ClNO2/c1-10-8-12-4-7-14(19-17(20)21)9-15(12)16(10)11-2-5-13(18)6-3-11/h2-7,9,19H,8H2,1H3,(H,20,21). The molecule has 1 aliphatic rings. The van der Waals surface area contributed by atoms with E-state index in [4.69, 9.17) is 16.7 Å². The number of hydrogen-bond acceptors (Lipinski definition) is 1. The van der Waals surface area contributed by atoms with Gasteiger partial charge in [-0.3, -0.25) is 5.32 Å². The third-order valence-corrected chi connectivity index (χ3v) is 3.90. The molecule has 0 aromatic heterocycles. The van der Waals surface area contributed by atoms with Crippen LogP contribution in [0, 0.1) is 0 Å². The molecule has 0 fully saturated rings. The maximum Gasteiger partial charge on any atom is 0.409 e. The van der Waals surface area contributed by atoms with Crippen LogP contribution >= 0.6 is 11.6 Å². The molecule has 0 atom stereocenters. The molecule has 2 aromatic rings. The summed E-state index contributed by atoms with van der Waals surface area (Å²) in [6, 6.07) is 13.4. The van der Waals surface area contributed by atoms with Crippen molar-refractivity contribution in [2.75, 3.05) is 5.32 Å². The zero-order valence-corrected chi connectivity index (χ0v) is 12.2. The van der Waals surface area contributed by atoms with E-state index in [0.29, 0.717) is 10.7 Å². The monoisotopic (exact) mass is 299 g/mol. The third kappa shape index (κ3) is 2.65. The summed E-state index contributed by atoms with van der Waals surface area (Å²) in [5.41, 5.74) is 6.43. The van der Waals surface area contributed by atoms with E-state index in [1.807, 2.05) is 36.4 Å². The fraction of sp³-hybridized carbons (Fsp3) is 0.118. The summed E-state index contributed by atoms with van der Waals surface area (Å²) in [6.45, 7) is 2.11. The van der Waals surface area contributed by atoms with E-state index in [9.17, 15) is 4.79 Å². The van der Waals surface area contributed by atoms with Crippen molar-refractivity contribution in [2.24, 2.45) is 0 Å². The molecular weight excluding hydrogens is 286 g/mol. The van der Waals surface area contributed by atoms with E-state index in [1.165, 1.54) is 11.1 Å². The Morgan fingerprint density at radius 2 is 1.90 bits per heavy atom. The summed E-state index contributed by atoms with van der Waals surface area (Å²) in [5.74, 6) is 0. The van der Waals surface area contributed by atoms with Gasteiger partial charge in [0.25, 0.3) is 0 Å². The third-order valence-electron chi connectivity index (χ3n) is 3.65. The smallest absolute Gasteiger partial charge is 0.409 e. The fourth-order valence-corrected chi connectivity index (χ4v) is 2.91. The van der Waals surface area contributed by atoms with Gasteiger partial charge >= 0.3 is 6.09 Å². The van der Waals surface area contributed by atoms with Gasteiger partial charge < -0.3 is 5.11 Å². The lowest BCUT2D eigenvalue weighted by Gasteiger charge is -2.09. The minimum atomic E-state index is -1.05. The maximum absolute atomic E-state index is 10.8. The Morgan fingerprint density at radius 3 is 2.57 bits per heavy atom. The molecule has 21 heavy (non-hydrogen) atoms. The Morgan fingerprint density at radius 1 is 1.19 bits per heavy atom. The first-order valence-electron chi connectivity index (χ1n) is 6.63. The second-order valence-corrected chi connectivity index (χ2v) is 5.58. The van der Waals surface area contributed by atoms with Gasteiger partial charge in [0.05, 0.1) is 0 Å². The lowest BCUT2D eigenvalue weighted by Crippen LogP contribution is -2.07. The number of allylic oxidation sites excluding steroid dienone is 1. The SMILES string of the molecule is CC1=C(c2ccc(Cl)cc2)c2cc(NC(=O)O)ccc2C1. The van der Waals surface area contributed by atoms with Crippen LogP contribution in [0.4, 0.5) is 10.5 Å². The van der Waals surface area contributed by atoms with E-state index in [-0.39, 0.29) is 0 Å². The highest BCUT2D eigenvalue weighted by atomic mass is 35.5. The van der Waals surface area contributed by atoms with Gasteiger partial charge in [0.15, 0.2) is 0 Å². The molecule has 2 aromatic carbocycles. The van der Waals surface area contributed by atoms with E-state index >= 15 is 0 Å². The number of anilines is 1. The Bertz CT molecular complexity index is 748. The number of carboxylic acid groups (broad SMARTS) is 1. The largest absolute Gasteiger partial charge is 0.465 e. The first kappa shape index (κ1) is 13.7. The van der Waals surface area contributed by atoms with Crippen LogP contribution in [0.3, 0.4) is 0 Å². The molecule has 1 aliphatic carbocycles. The highest BCUT2D eigenvalue weighted by Gasteiger charge is 2.20. The van der Waals surface area contributed by atoms with E-state index in [1.54, 1.807) is 6.07 Å². The number of amides is 1. The number of benzene rings is 2. The topological polar surface area (TPSA) is 49.3 Å².